The van der Waals surface area contributed by atoms with Gasteiger partial charge in [-0.05, 0) is 59.8 Å². The molecule has 1 heterocycles. The van der Waals surface area contributed by atoms with Crippen LogP contribution in [0.15, 0.2) is 53.4 Å². The first-order chi connectivity index (χ1) is 14.9. The number of thioether (sulfide) groups is 1. The summed E-state index contributed by atoms with van der Waals surface area (Å²) in [5.41, 5.74) is 1.08. The van der Waals surface area contributed by atoms with E-state index in [0.717, 1.165) is 16.7 Å². The van der Waals surface area contributed by atoms with Crippen molar-refractivity contribution in [1.82, 2.24) is 4.90 Å². The summed E-state index contributed by atoms with van der Waals surface area (Å²) in [4.78, 5) is 48.5. The van der Waals surface area contributed by atoms with Crippen LogP contribution < -0.4 is 10.1 Å². The Labute approximate surface area is 181 Å². The first-order valence-electron chi connectivity index (χ1n) is 8.96. The van der Waals surface area contributed by atoms with Crippen LogP contribution in [0.3, 0.4) is 0 Å². The minimum atomic E-state index is -0.687. The van der Waals surface area contributed by atoms with E-state index in [-0.39, 0.29) is 11.5 Å². The molecule has 160 valence electrons. The Morgan fingerprint density at radius 1 is 1.10 bits per heavy atom. The Kier molecular flexibility index (Phi) is 7.03. The van der Waals surface area contributed by atoms with Crippen molar-refractivity contribution in [2.75, 3.05) is 25.6 Å². The summed E-state index contributed by atoms with van der Waals surface area (Å²) in [7, 11) is 1.17. The highest BCUT2D eigenvalue weighted by Crippen LogP contribution is 2.32. The number of hydrogen-bond donors (Lipinski definition) is 1. The van der Waals surface area contributed by atoms with Crippen molar-refractivity contribution >= 4 is 46.5 Å². The molecule has 3 amide bonds. The van der Waals surface area contributed by atoms with Gasteiger partial charge in [-0.1, -0.05) is 12.1 Å². The molecule has 1 saturated heterocycles. The largest absolute Gasteiger partial charge is 0.484 e. The van der Waals surface area contributed by atoms with Gasteiger partial charge in [0.2, 0.25) is 0 Å². The number of imide groups is 1. The normalized spacial score (nSPS) is 14.6. The molecule has 0 atom stereocenters. The summed E-state index contributed by atoms with van der Waals surface area (Å²) in [5, 5.41) is 2.03. The minimum Gasteiger partial charge on any atom is -0.484 e. The van der Waals surface area contributed by atoms with Crippen LogP contribution in [-0.4, -0.2) is 48.2 Å². The molecule has 0 saturated carbocycles. The lowest BCUT2D eigenvalue weighted by Crippen LogP contribution is -2.34. The maximum Gasteiger partial charge on any atom is 0.325 e. The van der Waals surface area contributed by atoms with Crippen LogP contribution in [0, 0.1) is 5.82 Å². The molecule has 31 heavy (non-hydrogen) atoms. The Morgan fingerprint density at radius 2 is 1.77 bits per heavy atom. The van der Waals surface area contributed by atoms with E-state index < -0.39 is 35.4 Å². The molecule has 1 N–H and O–H groups in total. The minimum absolute atomic E-state index is 0.182. The van der Waals surface area contributed by atoms with E-state index in [2.05, 4.69) is 10.1 Å². The zero-order valence-electron chi connectivity index (χ0n) is 16.3. The highest BCUT2D eigenvalue weighted by Gasteiger charge is 2.36. The number of carbonyl (C=O) groups excluding carboxylic acids is 4. The fourth-order valence-corrected chi connectivity index (χ4v) is 3.36. The molecule has 3 rings (SSSR count). The summed E-state index contributed by atoms with van der Waals surface area (Å²) in [6, 6.07) is 11.9. The summed E-state index contributed by atoms with van der Waals surface area (Å²) < 4.78 is 22.8. The summed E-state index contributed by atoms with van der Waals surface area (Å²) in [5.74, 6) is -1.64. The van der Waals surface area contributed by atoms with Gasteiger partial charge in [-0.15, -0.1) is 0 Å². The van der Waals surface area contributed by atoms with E-state index in [4.69, 9.17) is 4.74 Å². The molecule has 2 aromatic rings. The topological polar surface area (TPSA) is 102 Å². The third-order valence-electron chi connectivity index (χ3n) is 4.06. The van der Waals surface area contributed by atoms with Gasteiger partial charge in [0.15, 0.2) is 6.61 Å². The van der Waals surface area contributed by atoms with E-state index in [0.29, 0.717) is 17.0 Å². The van der Waals surface area contributed by atoms with Gasteiger partial charge in [0.25, 0.3) is 17.1 Å². The predicted molar refractivity (Wildman–Crippen MR) is 112 cm³/mol. The molecule has 0 bridgehead atoms. The van der Waals surface area contributed by atoms with Gasteiger partial charge >= 0.3 is 5.97 Å². The van der Waals surface area contributed by atoms with Crippen molar-refractivity contribution in [1.29, 1.82) is 0 Å². The second-order valence-electron chi connectivity index (χ2n) is 6.26. The Bertz CT molecular complexity index is 1040. The number of nitrogens with one attached hydrogen (secondary N) is 1. The standard InChI is InChI=1S/C21H17FN2O6S/c1-29-19(26)11-24-20(27)17(31-21(24)28)10-13-2-8-16(9-3-13)30-12-18(25)23-15-6-4-14(22)5-7-15/h2-10H,11-12H2,1H3,(H,23,25)/b17-10+. The number of methoxy groups -OCH3 is 1. The highest BCUT2D eigenvalue weighted by atomic mass is 32.2. The van der Waals surface area contributed by atoms with Crippen LogP contribution >= 0.6 is 11.8 Å². The van der Waals surface area contributed by atoms with Crippen LogP contribution in [0.4, 0.5) is 14.9 Å². The predicted octanol–water partition coefficient (Wildman–Crippen LogP) is 3.05. The average molecular weight is 444 g/mol. The summed E-state index contributed by atoms with van der Waals surface area (Å²) >= 11 is 0.732. The zero-order valence-corrected chi connectivity index (χ0v) is 17.1. The second kappa shape index (κ2) is 9.90. The summed E-state index contributed by atoms with van der Waals surface area (Å²) in [6.45, 7) is -0.686. The maximum absolute atomic E-state index is 12.9. The molecule has 0 spiro atoms. The first kappa shape index (κ1) is 22.0. The lowest BCUT2D eigenvalue weighted by Gasteiger charge is -2.09. The van der Waals surface area contributed by atoms with Gasteiger partial charge in [-0.3, -0.25) is 24.1 Å². The molecule has 0 radical (unpaired) electrons. The molecule has 0 unspecified atom stereocenters. The van der Waals surface area contributed by atoms with Gasteiger partial charge in [-0.25, -0.2) is 4.39 Å². The molecule has 2 aromatic carbocycles. The van der Waals surface area contributed by atoms with E-state index in [1.807, 2.05) is 0 Å². The lowest BCUT2D eigenvalue weighted by molar-refractivity contribution is -0.143. The van der Waals surface area contributed by atoms with E-state index in [1.165, 1.54) is 37.5 Å². The highest BCUT2D eigenvalue weighted by molar-refractivity contribution is 8.18. The third kappa shape index (κ3) is 5.92. The number of rotatable bonds is 7. The molecule has 1 aliphatic heterocycles. The quantitative estimate of drug-likeness (QED) is 0.517. The number of anilines is 1. The molecular weight excluding hydrogens is 427 g/mol. The number of nitrogens with zero attached hydrogens (tertiary/aromatic N) is 1. The molecule has 0 aromatic heterocycles. The smallest absolute Gasteiger partial charge is 0.325 e. The first-order valence-corrected chi connectivity index (χ1v) is 9.78. The molecule has 10 heteroatoms. The average Bonchev–Trinajstić information content (AvgIpc) is 3.02. The second-order valence-corrected chi connectivity index (χ2v) is 7.25. The molecule has 1 aliphatic rings. The number of esters is 1. The Balaban J connectivity index is 1.55. The van der Waals surface area contributed by atoms with Gasteiger partial charge in [0.05, 0.1) is 12.0 Å². The van der Waals surface area contributed by atoms with Crippen LogP contribution in [0.25, 0.3) is 6.08 Å². The number of halogens is 1. The number of ether oxygens (including phenoxy) is 2. The van der Waals surface area contributed by atoms with Gasteiger partial charge in [-0.2, -0.15) is 0 Å². The van der Waals surface area contributed by atoms with E-state index in [9.17, 15) is 23.6 Å². The van der Waals surface area contributed by atoms with Crippen molar-refractivity contribution in [2.24, 2.45) is 0 Å². The van der Waals surface area contributed by atoms with Crippen LogP contribution in [0.5, 0.6) is 5.75 Å². The number of amides is 3. The SMILES string of the molecule is COC(=O)CN1C(=O)S/C(=C/c2ccc(OCC(=O)Nc3ccc(F)cc3)cc2)C1=O. The van der Waals surface area contributed by atoms with Crippen LogP contribution in [0.2, 0.25) is 0 Å². The van der Waals surface area contributed by atoms with Crippen LogP contribution in [-0.2, 0) is 19.1 Å². The Morgan fingerprint density at radius 3 is 2.42 bits per heavy atom. The number of hydrogen-bond acceptors (Lipinski definition) is 7. The van der Waals surface area contributed by atoms with Gasteiger partial charge in [0.1, 0.15) is 18.1 Å². The van der Waals surface area contributed by atoms with E-state index in [1.54, 1.807) is 24.3 Å². The van der Waals surface area contributed by atoms with Crippen molar-refractivity contribution in [2.45, 2.75) is 0 Å². The molecule has 0 aliphatic carbocycles. The monoisotopic (exact) mass is 444 g/mol. The van der Waals surface area contributed by atoms with Crippen molar-refractivity contribution < 1.29 is 33.0 Å². The molecule has 1 fully saturated rings. The van der Waals surface area contributed by atoms with Crippen molar-refractivity contribution in [3.8, 4) is 5.75 Å². The van der Waals surface area contributed by atoms with Crippen molar-refractivity contribution in [3.63, 3.8) is 0 Å². The van der Waals surface area contributed by atoms with E-state index >= 15 is 0 Å². The lowest BCUT2D eigenvalue weighted by atomic mass is 10.2. The fraction of sp³-hybridized carbons (Fsp3) is 0.143. The van der Waals surface area contributed by atoms with Gasteiger partial charge in [0, 0.05) is 5.69 Å². The molecule has 8 nitrogen and oxygen atoms in total. The fourth-order valence-electron chi connectivity index (χ4n) is 2.52. The molecular formula is C21H17FN2O6S. The maximum atomic E-state index is 12.9. The van der Waals surface area contributed by atoms with Crippen molar-refractivity contribution in [3.05, 3.63) is 64.8 Å². The third-order valence-corrected chi connectivity index (χ3v) is 4.97. The van der Waals surface area contributed by atoms with Crippen LogP contribution in [0.1, 0.15) is 5.56 Å². The van der Waals surface area contributed by atoms with Gasteiger partial charge < -0.3 is 14.8 Å². The number of carbonyl (C=O) groups is 4. The summed E-state index contributed by atoms with van der Waals surface area (Å²) in [6.07, 6.45) is 1.52. The Hall–Kier alpha value is -3.66. The zero-order chi connectivity index (χ0) is 22.4. The number of benzene rings is 2.